The van der Waals surface area contributed by atoms with Gasteiger partial charge in [0.15, 0.2) is 0 Å². The van der Waals surface area contributed by atoms with E-state index in [1.807, 2.05) is 0 Å². The minimum atomic E-state index is -1.29. The summed E-state index contributed by atoms with van der Waals surface area (Å²) in [5, 5.41) is 30.3. The van der Waals surface area contributed by atoms with Crippen LogP contribution in [-0.4, -0.2) is 47.4 Å². The molecule has 0 bridgehead atoms. The Labute approximate surface area is 114 Å². The second kappa shape index (κ2) is 7.84. The van der Waals surface area contributed by atoms with E-state index in [4.69, 9.17) is 15.8 Å². The second-order valence-corrected chi connectivity index (χ2v) is 5.49. The number of unbranched alkanes of at least 4 members (excludes halogenated alkanes) is 1. The number of nitrogens with one attached hydrogen (secondary N) is 1. The lowest BCUT2D eigenvalue weighted by atomic mass is 9.78. The van der Waals surface area contributed by atoms with Crippen molar-refractivity contribution in [2.45, 2.75) is 50.9 Å². The second-order valence-electron chi connectivity index (χ2n) is 5.49. The first-order valence-electron chi connectivity index (χ1n) is 7.03. The summed E-state index contributed by atoms with van der Waals surface area (Å²) in [5.74, 6) is -0.728. The quantitative estimate of drug-likeness (QED) is 0.293. The standard InChI is InChI=1S/C12H25BN2O4/c14-7-8-15-10-3-5-12(9-10,11(16)17)4-1-2-6-13(18)19/h10,15,18-19H,1-9,14H2,(H,16,17)/t10-,12-/m0/s1. The van der Waals surface area contributed by atoms with Gasteiger partial charge in [-0.3, -0.25) is 4.79 Å². The highest BCUT2D eigenvalue weighted by Gasteiger charge is 2.44. The van der Waals surface area contributed by atoms with Gasteiger partial charge < -0.3 is 26.2 Å². The van der Waals surface area contributed by atoms with Gasteiger partial charge in [0.2, 0.25) is 0 Å². The fourth-order valence-corrected chi connectivity index (χ4v) is 2.91. The van der Waals surface area contributed by atoms with Gasteiger partial charge in [-0.15, -0.1) is 0 Å². The summed E-state index contributed by atoms with van der Waals surface area (Å²) in [5.41, 5.74) is 4.79. The molecule has 0 aromatic rings. The van der Waals surface area contributed by atoms with Gasteiger partial charge in [-0.05, 0) is 32.0 Å². The van der Waals surface area contributed by atoms with E-state index < -0.39 is 18.5 Å². The first-order valence-corrected chi connectivity index (χ1v) is 7.03. The maximum atomic E-state index is 11.5. The zero-order valence-electron chi connectivity index (χ0n) is 11.3. The Bertz CT molecular complexity index is 291. The van der Waals surface area contributed by atoms with Crippen LogP contribution in [0.2, 0.25) is 6.32 Å². The minimum Gasteiger partial charge on any atom is -0.481 e. The van der Waals surface area contributed by atoms with Crippen molar-refractivity contribution >= 4 is 13.1 Å². The molecule has 19 heavy (non-hydrogen) atoms. The van der Waals surface area contributed by atoms with Crippen LogP contribution in [0.15, 0.2) is 0 Å². The number of hydrogen-bond donors (Lipinski definition) is 5. The molecule has 6 nitrogen and oxygen atoms in total. The molecule has 1 fully saturated rings. The third-order valence-corrected chi connectivity index (χ3v) is 4.01. The van der Waals surface area contributed by atoms with Gasteiger partial charge in [-0.25, -0.2) is 0 Å². The van der Waals surface area contributed by atoms with Gasteiger partial charge in [0.25, 0.3) is 0 Å². The van der Waals surface area contributed by atoms with E-state index in [9.17, 15) is 9.90 Å². The molecule has 7 heteroatoms. The fraction of sp³-hybridized carbons (Fsp3) is 0.917. The topological polar surface area (TPSA) is 116 Å². The monoisotopic (exact) mass is 272 g/mol. The maximum absolute atomic E-state index is 11.5. The lowest BCUT2D eigenvalue weighted by Gasteiger charge is -2.24. The molecule has 110 valence electrons. The highest BCUT2D eigenvalue weighted by Crippen LogP contribution is 2.42. The molecule has 0 heterocycles. The number of aliphatic carboxylic acids is 1. The van der Waals surface area contributed by atoms with Gasteiger partial charge in [-0.2, -0.15) is 0 Å². The molecular weight excluding hydrogens is 247 g/mol. The third-order valence-electron chi connectivity index (χ3n) is 4.01. The van der Waals surface area contributed by atoms with Gasteiger partial charge in [-0.1, -0.05) is 12.8 Å². The van der Waals surface area contributed by atoms with Gasteiger partial charge in [0, 0.05) is 19.1 Å². The van der Waals surface area contributed by atoms with E-state index >= 15 is 0 Å². The molecule has 1 saturated carbocycles. The van der Waals surface area contributed by atoms with Crippen molar-refractivity contribution in [3.63, 3.8) is 0 Å². The zero-order valence-corrected chi connectivity index (χ0v) is 11.3. The van der Waals surface area contributed by atoms with Gasteiger partial charge in [0.05, 0.1) is 5.41 Å². The van der Waals surface area contributed by atoms with Crippen LogP contribution in [0.25, 0.3) is 0 Å². The van der Waals surface area contributed by atoms with Crippen molar-refractivity contribution < 1.29 is 19.9 Å². The van der Waals surface area contributed by atoms with Crippen molar-refractivity contribution in [2.24, 2.45) is 11.1 Å². The first-order chi connectivity index (χ1) is 9.00. The van der Waals surface area contributed by atoms with E-state index in [1.54, 1.807) is 0 Å². The average Bonchev–Trinajstić information content (AvgIpc) is 2.77. The molecule has 1 aliphatic carbocycles. The number of hydrogen-bond acceptors (Lipinski definition) is 5. The summed E-state index contributed by atoms with van der Waals surface area (Å²) in [4.78, 5) is 11.5. The lowest BCUT2D eigenvalue weighted by molar-refractivity contribution is -0.149. The minimum absolute atomic E-state index is 0.239. The van der Waals surface area contributed by atoms with Crippen LogP contribution in [0.1, 0.15) is 38.5 Å². The van der Waals surface area contributed by atoms with Gasteiger partial charge in [0.1, 0.15) is 0 Å². The van der Waals surface area contributed by atoms with Crippen LogP contribution in [0.3, 0.4) is 0 Å². The summed E-state index contributed by atoms with van der Waals surface area (Å²) < 4.78 is 0. The molecule has 0 aromatic carbocycles. The summed E-state index contributed by atoms with van der Waals surface area (Å²) in [7, 11) is -1.29. The van der Waals surface area contributed by atoms with E-state index in [2.05, 4.69) is 5.32 Å². The number of carboxylic acid groups (broad SMARTS) is 1. The molecule has 0 radical (unpaired) electrons. The molecule has 1 rings (SSSR count). The van der Waals surface area contributed by atoms with Gasteiger partial charge >= 0.3 is 13.1 Å². The van der Waals surface area contributed by atoms with Crippen LogP contribution < -0.4 is 11.1 Å². The van der Waals surface area contributed by atoms with Crippen molar-refractivity contribution in [1.29, 1.82) is 0 Å². The fourth-order valence-electron chi connectivity index (χ4n) is 2.91. The molecular formula is C12H25BN2O4. The highest BCUT2D eigenvalue weighted by molar-refractivity contribution is 6.40. The lowest BCUT2D eigenvalue weighted by Crippen LogP contribution is -2.35. The molecule has 0 amide bonds. The average molecular weight is 272 g/mol. The Hall–Kier alpha value is -0.625. The van der Waals surface area contributed by atoms with E-state index in [0.29, 0.717) is 45.0 Å². The SMILES string of the molecule is NCCN[C@H]1CC[C@](CCCCB(O)O)(C(=O)O)C1. The summed E-state index contributed by atoms with van der Waals surface area (Å²) in [6, 6.07) is 0.239. The Morgan fingerprint density at radius 1 is 1.42 bits per heavy atom. The van der Waals surface area contributed by atoms with Crippen molar-refractivity contribution in [1.82, 2.24) is 5.32 Å². The van der Waals surface area contributed by atoms with E-state index in [-0.39, 0.29) is 6.04 Å². The molecule has 2 atom stereocenters. The van der Waals surface area contributed by atoms with E-state index in [1.165, 1.54) is 0 Å². The summed E-state index contributed by atoms with van der Waals surface area (Å²) in [6.07, 6.45) is 4.48. The van der Waals surface area contributed by atoms with Crippen LogP contribution in [0.4, 0.5) is 0 Å². The largest absolute Gasteiger partial charge is 0.481 e. The maximum Gasteiger partial charge on any atom is 0.451 e. The smallest absolute Gasteiger partial charge is 0.451 e. The molecule has 0 spiro atoms. The molecule has 0 unspecified atom stereocenters. The van der Waals surface area contributed by atoms with Crippen LogP contribution in [-0.2, 0) is 4.79 Å². The first kappa shape index (κ1) is 16.4. The molecule has 0 saturated heterocycles. The Kier molecular flexibility index (Phi) is 6.78. The predicted molar refractivity (Wildman–Crippen MR) is 73.6 cm³/mol. The molecule has 1 aliphatic rings. The summed E-state index contributed by atoms with van der Waals surface area (Å²) >= 11 is 0. The van der Waals surface area contributed by atoms with Crippen molar-refractivity contribution in [3.05, 3.63) is 0 Å². The number of rotatable bonds is 9. The molecule has 0 aromatic heterocycles. The number of carboxylic acids is 1. The number of carbonyl (C=O) groups is 1. The highest BCUT2D eigenvalue weighted by atomic mass is 16.4. The zero-order chi connectivity index (χ0) is 14.3. The Balaban J connectivity index is 2.41. The molecule has 0 aliphatic heterocycles. The van der Waals surface area contributed by atoms with E-state index in [0.717, 1.165) is 13.0 Å². The normalized spacial score (nSPS) is 26.6. The van der Waals surface area contributed by atoms with Crippen LogP contribution in [0, 0.1) is 5.41 Å². The molecule has 6 N–H and O–H groups in total. The van der Waals surface area contributed by atoms with Crippen LogP contribution in [0.5, 0.6) is 0 Å². The number of nitrogens with two attached hydrogens (primary N) is 1. The van der Waals surface area contributed by atoms with Crippen molar-refractivity contribution in [3.8, 4) is 0 Å². The summed E-state index contributed by atoms with van der Waals surface area (Å²) in [6.45, 7) is 1.28. The third kappa shape index (κ3) is 5.10. The Morgan fingerprint density at radius 2 is 2.16 bits per heavy atom. The van der Waals surface area contributed by atoms with Crippen LogP contribution >= 0.6 is 0 Å². The Morgan fingerprint density at radius 3 is 2.74 bits per heavy atom. The predicted octanol–water partition coefficient (Wildman–Crippen LogP) is -0.199. The van der Waals surface area contributed by atoms with Crippen molar-refractivity contribution in [2.75, 3.05) is 13.1 Å².